The van der Waals surface area contributed by atoms with Gasteiger partial charge >= 0.3 is 0 Å². The number of hydrogen-bond donors (Lipinski definition) is 2. The van der Waals surface area contributed by atoms with Gasteiger partial charge in [-0.2, -0.15) is 5.10 Å². The van der Waals surface area contributed by atoms with Crippen molar-refractivity contribution in [2.45, 2.75) is 23.6 Å². The van der Waals surface area contributed by atoms with Crippen LogP contribution in [0.1, 0.15) is 18.1 Å². The molecule has 26 heavy (non-hydrogen) atoms. The zero-order valence-electron chi connectivity index (χ0n) is 14.5. The van der Waals surface area contributed by atoms with Crippen molar-refractivity contribution in [3.05, 3.63) is 76.8 Å². The predicted molar refractivity (Wildman–Crippen MR) is 112 cm³/mol. The van der Waals surface area contributed by atoms with Crippen LogP contribution in [0.5, 0.6) is 0 Å². The van der Waals surface area contributed by atoms with E-state index in [9.17, 15) is 0 Å². The molecule has 1 aliphatic heterocycles. The lowest BCUT2D eigenvalue weighted by molar-refractivity contribution is 1.29. The minimum absolute atomic E-state index is 0.733. The van der Waals surface area contributed by atoms with Crippen molar-refractivity contribution in [1.82, 2.24) is 0 Å². The summed E-state index contributed by atoms with van der Waals surface area (Å²) in [6.45, 7) is 3.98. The lowest BCUT2D eigenvalue weighted by Crippen LogP contribution is -2.04. The lowest BCUT2D eigenvalue weighted by atomic mass is 10.1. The molecule has 0 aromatic heterocycles. The molecule has 3 aromatic carbocycles. The van der Waals surface area contributed by atoms with Gasteiger partial charge in [0.15, 0.2) is 0 Å². The predicted octanol–water partition coefficient (Wildman–Crippen LogP) is 6.69. The van der Waals surface area contributed by atoms with Crippen molar-refractivity contribution < 1.29 is 0 Å². The number of benzene rings is 3. The van der Waals surface area contributed by atoms with Gasteiger partial charge in [0.25, 0.3) is 0 Å². The average molecular weight is 380 g/mol. The SMILES string of the molecule is C/C(=N/Nc1ccc(C)c(Cl)c1)c1ccc2c(c1)Nc1ccccc1S2. The van der Waals surface area contributed by atoms with Crippen molar-refractivity contribution in [1.29, 1.82) is 0 Å². The molecule has 1 heterocycles. The fraction of sp³-hybridized carbons (Fsp3) is 0.0952. The summed E-state index contributed by atoms with van der Waals surface area (Å²) >= 11 is 7.95. The summed E-state index contributed by atoms with van der Waals surface area (Å²) in [4.78, 5) is 2.47. The number of aryl methyl sites for hydroxylation is 1. The minimum atomic E-state index is 0.733. The van der Waals surface area contributed by atoms with Crippen LogP contribution in [0.2, 0.25) is 5.02 Å². The highest BCUT2D eigenvalue weighted by Crippen LogP contribution is 2.44. The average Bonchev–Trinajstić information content (AvgIpc) is 2.66. The fourth-order valence-electron chi connectivity index (χ4n) is 2.74. The maximum atomic E-state index is 6.17. The molecule has 0 spiro atoms. The number of hydrazone groups is 1. The first kappa shape index (κ1) is 17.0. The van der Waals surface area contributed by atoms with Gasteiger partial charge in [0.2, 0.25) is 0 Å². The molecule has 0 radical (unpaired) electrons. The number of halogens is 1. The van der Waals surface area contributed by atoms with Crippen LogP contribution >= 0.6 is 23.4 Å². The van der Waals surface area contributed by atoms with E-state index >= 15 is 0 Å². The minimum Gasteiger partial charge on any atom is -0.354 e. The molecule has 0 aliphatic carbocycles. The molecule has 0 saturated carbocycles. The first-order valence-electron chi connectivity index (χ1n) is 8.35. The summed E-state index contributed by atoms with van der Waals surface area (Å²) < 4.78 is 0. The Morgan fingerprint density at radius 3 is 2.65 bits per heavy atom. The van der Waals surface area contributed by atoms with E-state index in [2.05, 4.69) is 52.2 Å². The van der Waals surface area contributed by atoms with E-state index in [0.717, 1.165) is 38.9 Å². The second-order valence-electron chi connectivity index (χ2n) is 6.21. The molecule has 3 aromatic rings. The Kier molecular flexibility index (Phi) is 4.62. The van der Waals surface area contributed by atoms with E-state index in [1.807, 2.05) is 38.1 Å². The van der Waals surface area contributed by atoms with Crippen molar-refractivity contribution in [2.24, 2.45) is 5.10 Å². The van der Waals surface area contributed by atoms with Crippen LogP contribution in [0.4, 0.5) is 17.1 Å². The lowest BCUT2D eigenvalue weighted by Gasteiger charge is -2.21. The van der Waals surface area contributed by atoms with Crippen molar-refractivity contribution in [2.75, 3.05) is 10.7 Å². The van der Waals surface area contributed by atoms with E-state index in [1.54, 1.807) is 11.8 Å². The van der Waals surface area contributed by atoms with Gasteiger partial charge < -0.3 is 5.32 Å². The zero-order valence-corrected chi connectivity index (χ0v) is 16.1. The summed E-state index contributed by atoms with van der Waals surface area (Å²) in [5.41, 5.74) is 9.25. The van der Waals surface area contributed by atoms with Crippen LogP contribution in [-0.2, 0) is 0 Å². The van der Waals surface area contributed by atoms with Gasteiger partial charge in [0, 0.05) is 14.8 Å². The van der Waals surface area contributed by atoms with Crippen LogP contribution in [0, 0.1) is 6.92 Å². The number of nitrogens with one attached hydrogen (secondary N) is 2. The molecule has 0 unspecified atom stereocenters. The van der Waals surface area contributed by atoms with E-state index in [-0.39, 0.29) is 0 Å². The first-order chi connectivity index (χ1) is 12.6. The van der Waals surface area contributed by atoms with E-state index in [1.165, 1.54) is 9.79 Å². The van der Waals surface area contributed by atoms with Crippen LogP contribution in [-0.4, -0.2) is 5.71 Å². The summed E-state index contributed by atoms with van der Waals surface area (Å²) in [5, 5.41) is 8.74. The highest BCUT2D eigenvalue weighted by Gasteiger charge is 2.15. The summed E-state index contributed by atoms with van der Waals surface area (Å²) in [6, 6.07) is 20.6. The third kappa shape index (κ3) is 3.43. The van der Waals surface area contributed by atoms with E-state index in [0.29, 0.717) is 0 Å². The normalized spacial score (nSPS) is 12.8. The zero-order chi connectivity index (χ0) is 18.1. The highest BCUT2D eigenvalue weighted by molar-refractivity contribution is 7.99. The molecule has 0 atom stereocenters. The Hall–Kier alpha value is -2.43. The quantitative estimate of drug-likeness (QED) is 0.307. The summed E-state index contributed by atoms with van der Waals surface area (Å²) in [6.07, 6.45) is 0. The topological polar surface area (TPSA) is 36.4 Å². The molecule has 1 aliphatic rings. The Morgan fingerprint density at radius 1 is 1.00 bits per heavy atom. The standard InChI is InChI=1S/C21H18ClN3S/c1-13-7-9-16(12-17(13)22)25-24-14(2)15-8-10-21-19(11-15)23-18-5-3-4-6-20(18)26-21/h3-12,23,25H,1-2H3/b24-14-. The van der Waals surface area contributed by atoms with Gasteiger partial charge in [-0.25, -0.2) is 0 Å². The number of nitrogens with zero attached hydrogens (tertiary/aromatic N) is 1. The van der Waals surface area contributed by atoms with Gasteiger partial charge in [-0.3, -0.25) is 5.43 Å². The van der Waals surface area contributed by atoms with Crippen molar-refractivity contribution in [3.8, 4) is 0 Å². The number of fused-ring (bicyclic) bond motifs is 2. The first-order valence-corrected chi connectivity index (χ1v) is 9.54. The van der Waals surface area contributed by atoms with Gasteiger partial charge in [0.1, 0.15) is 0 Å². The van der Waals surface area contributed by atoms with Crippen LogP contribution < -0.4 is 10.7 Å². The third-order valence-corrected chi connectivity index (χ3v) is 5.86. The maximum Gasteiger partial charge on any atom is 0.0649 e. The molecule has 0 bridgehead atoms. The molecule has 0 saturated heterocycles. The Morgan fingerprint density at radius 2 is 1.81 bits per heavy atom. The third-order valence-electron chi connectivity index (χ3n) is 4.30. The van der Waals surface area contributed by atoms with Crippen molar-refractivity contribution in [3.63, 3.8) is 0 Å². The van der Waals surface area contributed by atoms with Crippen LogP contribution in [0.15, 0.2) is 75.6 Å². The molecule has 0 fully saturated rings. The molecule has 3 nitrogen and oxygen atoms in total. The molecular weight excluding hydrogens is 362 g/mol. The molecule has 0 amide bonds. The molecular formula is C21H18ClN3S. The van der Waals surface area contributed by atoms with Crippen LogP contribution in [0.3, 0.4) is 0 Å². The molecule has 2 N–H and O–H groups in total. The van der Waals surface area contributed by atoms with E-state index in [4.69, 9.17) is 11.6 Å². The molecule has 130 valence electrons. The van der Waals surface area contributed by atoms with Gasteiger partial charge in [-0.05, 0) is 61.4 Å². The Balaban J connectivity index is 1.56. The number of para-hydroxylation sites is 1. The van der Waals surface area contributed by atoms with Crippen molar-refractivity contribution >= 4 is 46.1 Å². The molecule has 5 heteroatoms. The highest BCUT2D eigenvalue weighted by atomic mass is 35.5. The fourth-order valence-corrected chi connectivity index (χ4v) is 3.89. The number of anilines is 3. The van der Waals surface area contributed by atoms with Gasteiger partial charge in [-0.15, -0.1) is 0 Å². The summed E-state index contributed by atoms with van der Waals surface area (Å²) in [7, 11) is 0. The van der Waals surface area contributed by atoms with Crippen LogP contribution in [0.25, 0.3) is 0 Å². The second-order valence-corrected chi connectivity index (χ2v) is 7.70. The van der Waals surface area contributed by atoms with Gasteiger partial charge in [-0.1, -0.05) is 47.6 Å². The largest absolute Gasteiger partial charge is 0.354 e. The Bertz CT molecular complexity index is 1010. The number of hydrogen-bond acceptors (Lipinski definition) is 4. The molecule has 4 rings (SSSR count). The smallest absolute Gasteiger partial charge is 0.0649 e. The Labute approximate surface area is 162 Å². The second kappa shape index (κ2) is 7.06. The van der Waals surface area contributed by atoms with E-state index < -0.39 is 0 Å². The summed E-state index contributed by atoms with van der Waals surface area (Å²) in [5.74, 6) is 0. The maximum absolute atomic E-state index is 6.17. The van der Waals surface area contributed by atoms with Gasteiger partial charge in [0.05, 0.1) is 22.8 Å². The monoisotopic (exact) mass is 379 g/mol. The number of rotatable bonds is 3.